The molecule has 8 heteroatoms. The fraction of sp³-hybridized carbons (Fsp3) is 0.579. The smallest absolute Gasteiger partial charge is 0.408 e. The fourth-order valence-corrected chi connectivity index (χ4v) is 6.58. The molecule has 27 heavy (non-hydrogen) atoms. The monoisotopic (exact) mass is 395 g/mol. The van der Waals surface area contributed by atoms with Crippen molar-refractivity contribution < 1.29 is 27.5 Å². The minimum Gasteiger partial charge on any atom is -0.464 e. The van der Waals surface area contributed by atoms with E-state index in [0.29, 0.717) is 12.8 Å². The largest absolute Gasteiger partial charge is 0.464 e. The van der Waals surface area contributed by atoms with Gasteiger partial charge in [-0.2, -0.15) is 0 Å². The second-order valence-corrected chi connectivity index (χ2v) is 9.67. The minimum absolute atomic E-state index is 0.0328. The summed E-state index contributed by atoms with van der Waals surface area (Å²) in [6.07, 6.45) is 1.13. The number of sulfone groups is 1. The van der Waals surface area contributed by atoms with E-state index in [0.717, 1.165) is 12.0 Å². The molecule has 1 aromatic rings. The number of hydrogen-bond acceptors (Lipinski definition) is 6. The fourth-order valence-electron chi connectivity index (χ4n) is 4.01. The normalized spacial score (nSPS) is 28.8. The lowest BCUT2D eigenvalue weighted by Crippen LogP contribution is -2.64. The molecule has 2 atom stereocenters. The van der Waals surface area contributed by atoms with Gasteiger partial charge in [0.2, 0.25) is 0 Å². The van der Waals surface area contributed by atoms with Crippen LogP contribution in [0.15, 0.2) is 30.3 Å². The van der Waals surface area contributed by atoms with Crippen LogP contribution in [-0.4, -0.2) is 43.1 Å². The number of rotatable bonds is 5. The summed E-state index contributed by atoms with van der Waals surface area (Å²) in [6, 6.07) is 9.19. The van der Waals surface area contributed by atoms with Gasteiger partial charge in [-0.25, -0.2) is 18.0 Å². The van der Waals surface area contributed by atoms with Gasteiger partial charge in [0.05, 0.1) is 17.1 Å². The van der Waals surface area contributed by atoms with Gasteiger partial charge in [0, 0.05) is 0 Å². The van der Waals surface area contributed by atoms with Gasteiger partial charge in [0.25, 0.3) is 0 Å². The van der Waals surface area contributed by atoms with E-state index in [4.69, 9.17) is 9.47 Å². The molecule has 148 valence electrons. The maximum Gasteiger partial charge on any atom is 0.408 e. The lowest BCUT2D eigenvalue weighted by Gasteiger charge is -2.44. The zero-order valence-corrected chi connectivity index (χ0v) is 16.2. The molecule has 1 aromatic carbocycles. The Hall–Kier alpha value is -2.09. The minimum atomic E-state index is -3.28. The SMILES string of the molecule is CCOC(=O)C1(NC(=O)OCc2ccccc2)CC2CCCC(C1)S2(=O)=O. The van der Waals surface area contributed by atoms with E-state index in [9.17, 15) is 18.0 Å². The molecule has 0 radical (unpaired) electrons. The average Bonchev–Trinajstić information content (AvgIpc) is 2.62. The van der Waals surface area contributed by atoms with Gasteiger partial charge in [0.15, 0.2) is 9.84 Å². The molecule has 7 nitrogen and oxygen atoms in total. The Kier molecular flexibility index (Phi) is 5.74. The third-order valence-electron chi connectivity index (χ3n) is 5.35. The molecule has 1 amide bonds. The molecular formula is C19H25NO6S. The first-order valence-electron chi connectivity index (χ1n) is 9.26. The lowest BCUT2D eigenvalue weighted by molar-refractivity contribution is -0.152. The zero-order valence-electron chi connectivity index (χ0n) is 15.3. The number of hydrogen-bond donors (Lipinski definition) is 1. The van der Waals surface area contributed by atoms with Crippen molar-refractivity contribution in [2.24, 2.45) is 0 Å². The van der Waals surface area contributed by atoms with Crippen LogP contribution in [0, 0.1) is 0 Å². The van der Waals surface area contributed by atoms with Crippen molar-refractivity contribution in [3.8, 4) is 0 Å². The van der Waals surface area contributed by atoms with E-state index in [1.807, 2.05) is 30.3 Å². The first kappa shape index (κ1) is 19.7. The van der Waals surface area contributed by atoms with Crippen LogP contribution in [-0.2, 0) is 30.7 Å². The van der Waals surface area contributed by atoms with Crippen molar-refractivity contribution in [3.05, 3.63) is 35.9 Å². The molecule has 3 rings (SSSR count). The van der Waals surface area contributed by atoms with Crippen LogP contribution >= 0.6 is 0 Å². The third-order valence-corrected chi connectivity index (χ3v) is 8.02. The standard InChI is InChI=1S/C19H25NO6S/c1-2-25-17(21)19(11-15-9-6-10-16(12-19)27(15,23)24)20-18(22)26-13-14-7-4-3-5-8-14/h3-5,7-8,15-16H,2,6,9-13H2,1H3,(H,20,22). The highest BCUT2D eigenvalue weighted by molar-refractivity contribution is 7.92. The van der Waals surface area contributed by atoms with Crippen LogP contribution in [0.25, 0.3) is 0 Å². The topological polar surface area (TPSA) is 98.8 Å². The quantitative estimate of drug-likeness (QED) is 0.769. The number of nitrogens with one attached hydrogen (secondary N) is 1. The molecule has 0 aliphatic carbocycles. The third kappa shape index (κ3) is 4.10. The number of amides is 1. The number of ether oxygens (including phenoxy) is 2. The molecule has 0 saturated carbocycles. The van der Waals surface area contributed by atoms with Crippen LogP contribution in [0.1, 0.15) is 44.6 Å². The number of benzene rings is 1. The summed E-state index contributed by atoms with van der Waals surface area (Å²) in [5, 5.41) is 1.38. The summed E-state index contributed by atoms with van der Waals surface area (Å²) in [5.41, 5.74) is -0.536. The average molecular weight is 395 g/mol. The molecule has 0 aromatic heterocycles. The van der Waals surface area contributed by atoms with Crippen LogP contribution in [0.5, 0.6) is 0 Å². The second-order valence-electron chi connectivity index (χ2n) is 7.16. The number of carbonyl (C=O) groups is 2. The lowest BCUT2D eigenvalue weighted by atomic mass is 9.82. The number of fused-ring (bicyclic) bond motifs is 2. The van der Waals surface area contributed by atoms with Crippen LogP contribution in [0.4, 0.5) is 4.79 Å². The van der Waals surface area contributed by atoms with E-state index in [1.165, 1.54) is 0 Å². The number of alkyl carbamates (subject to hydrolysis) is 1. The van der Waals surface area contributed by atoms with E-state index in [1.54, 1.807) is 6.92 Å². The molecule has 0 spiro atoms. The van der Waals surface area contributed by atoms with Crippen molar-refractivity contribution in [1.29, 1.82) is 0 Å². The summed E-state index contributed by atoms with van der Waals surface area (Å²) in [6.45, 7) is 1.90. The highest BCUT2D eigenvalue weighted by Gasteiger charge is 2.56. The highest BCUT2D eigenvalue weighted by Crippen LogP contribution is 2.42. The molecule has 2 saturated heterocycles. The van der Waals surface area contributed by atoms with Crippen LogP contribution in [0.3, 0.4) is 0 Å². The summed E-state index contributed by atoms with van der Waals surface area (Å²) in [5.74, 6) is -0.589. The number of esters is 1. The maximum absolute atomic E-state index is 12.7. The Morgan fingerprint density at radius 2 is 1.74 bits per heavy atom. The molecule has 1 N–H and O–H groups in total. The van der Waals surface area contributed by atoms with E-state index >= 15 is 0 Å². The van der Waals surface area contributed by atoms with Crippen molar-refractivity contribution in [1.82, 2.24) is 5.32 Å². The van der Waals surface area contributed by atoms with Gasteiger partial charge in [-0.05, 0) is 38.2 Å². The Labute approximate surface area is 159 Å². The van der Waals surface area contributed by atoms with Gasteiger partial charge in [-0.15, -0.1) is 0 Å². The summed E-state index contributed by atoms with van der Waals surface area (Å²) in [7, 11) is -3.28. The predicted molar refractivity (Wildman–Crippen MR) is 98.7 cm³/mol. The molecular weight excluding hydrogens is 370 g/mol. The van der Waals surface area contributed by atoms with Gasteiger partial charge in [-0.3, -0.25) is 0 Å². The van der Waals surface area contributed by atoms with Crippen molar-refractivity contribution >= 4 is 21.9 Å². The van der Waals surface area contributed by atoms with Crippen LogP contribution < -0.4 is 5.32 Å². The summed E-state index contributed by atoms with van der Waals surface area (Å²) in [4.78, 5) is 25.1. The van der Waals surface area contributed by atoms with Gasteiger partial charge in [-0.1, -0.05) is 36.8 Å². The predicted octanol–water partition coefficient (Wildman–Crippen LogP) is 2.34. The summed E-state index contributed by atoms with van der Waals surface area (Å²) < 4.78 is 35.6. The first-order valence-corrected chi connectivity index (χ1v) is 10.9. The molecule has 2 aliphatic rings. The van der Waals surface area contributed by atoms with Crippen LogP contribution in [0.2, 0.25) is 0 Å². The Balaban J connectivity index is 1.76. The second kappa shape index (κ2) is 7.88. The highest BCUT2D eigenvalue weighted by atomic mass is 32.2. The van der Waals surface area contributed by atoms with Gasteiger partial charge in [0.1, 0.15) is 12.1 Å². The molecule has 2 unspecified atom stereocenters. The van der Waals surface area contributed by atoms with Crippen molar-refractivity contribution in [2.45, 2.75) is 61.7 Å². The molecule has 2 bridgehead atoms. The van der Waals surface area contributed by atoms with Gasteiger partial charge >= 0.3 is 12.1 Å². The Bertz CT molecular complexity index is 772. The Morgan fingerprint density at radius 3 is 2.33 bits per heavy atom. The molecule has 2 fully saturated rings. The van der Waals surface area contributed by atoms with E-state index in [-0.39, 0.29) is 26.1 Å². The number of carbonyl (C=O) groups excluding carboxylic acids is 2. The summed E-state index contributed by atoms with van der Waals surface area (Å²) >= 11 is 0. The molecule has 2 aliphatic heterocycles. The maximum atomic E-state index is 12.7. The van der Waals surface area contributed by atoms with E-state index < -0.39 is 37.9 Å². The van der Waals surface area contributed by atoms with Crippen molar-refractivity contribution in [3.63, 3.8) is 0 Å². The van der Waals surface area contributed by atoms with Crippen molar-refractivity contribution in [2.75, 3.05) is 6.61 Å². The van der Waals surface area contributed by atoms with E-state index in [2.05, 4.69) is 5.32 Å². The Morgan fingerprint density at radius 1 is 1.11 bits per heavy atom. The van der Waals surface area contributed by atoms with Gasteiger partial charge < -0.3 is 14.8 Å². The molecule has 2 heterocycles. The first-order chi connectivity index (χ1) is 12.9. The zero-order chi connectivity index (χ0) is 19.5.